The summed E-state index contributed by atoms with van der Waals surface area (Å²) in [5.74, 6) is 0.791. The van der Waals surface area contributed by atoms with Gasteiger partial charge < -0.3 is 0 Å². The third-order valence-corrected chi connectivity index (χ3v) is 3.08. The monoisotopic (exact) mass is 230 g/mol. The van der Waals surface area contributed by atoms with Gasteiger partial charge in [-0.2, -0.15) is 0 Å². The number of allylic oxidation sites excluding steroid dienone is 1. The fourth-order valence-electron chi connectivity index (χ4n) is 2.02. The van der Waals surface area contributed by atoms with Crippen LogP contribution in [-0.4, -0.2) is 5.78 Å². The highest BCUT2D eigenvalue weighted by Crippen LogP contribution is 2.13. The van der Waals surface area contributed by atoms with Crippen molar-refractivity contribution >= 4 is 5.78 Å². The maximum absolute atomic E-state index is 11.8. The molecule has 0 aliphatic rings. The molecule has 1 heteroatoms. The number of hydrogen-bond donors (Lipinski definition) is 0. The third kappa shape index (κ3) is 4.99. The predicted octanol–water partition coefficient (Wildman–Crippen LogP) is 4.10. The molecule has 0 spiro atoms. The molecule has 1 aromatic carbocycles. The minimum atomic E-state index is 0.364. The van der Waals surface area contributed by atoms with Crippen molar-refractivity contribution < 1.29 is 4.79 Å². The standard InChI is InChI=1S/C16H22O/c1-4-7-13(2)12-16(17)11-10-15-9-6-5-8-14(15)3/h4-6,8-9,13H,1,7,10-12H2,2-3H3/t13-/m0/s1. The van der Waals surface area contributed by atoms with Crippen molar-refractivity contribution in [3.8, 4) is 0 Å². The summed E-state index contributed by atoms with van der Waals surface area (Å²) < 4.78 is 0. The van der Waals surface area contributed by atoms with Gasteiger partial charge in [0, 0.05) is 12.8 Å². The van der Waals surface area contributed by atoms with Crippen LogP contribution >= 0.6 is 0 Å². The summed E-state index contributed by atoms with van der Waals surface area (Å²) in [7, 11) is 0. The maximum atomic E-state index is 11.8. The number of carbonyl (C=O) groups is 1. The Morgan fingerprint density at radius 3 is 2.76 bits per heavy atom. The van der Waals surface area contributed by atoms with Crippen molar-refractivity contribution in [3.05, 3.63) is 48.0 Å². The first kappa shape index (κ1) is 13.7. The summed E-state index contributed by atoms with van der Waals surface area (Å²) >= 11 is 0. The maximum Gasteiger partial charge on any atom is 0.133 e. The van der Waals surface area contributed by atoms with Gasteiger partial charge in [-0.05, 0) is 36.8 Å². The van der Waals surface area contributed by atoms with E-state index in [-0.39, 0.29) is 0 Å². The molecule has 0 unspecified atom stereocenters. The molecule has 1 nitrogen and oxygen atoms in total. The Labute approximate surface area is 105 Å². The van der Waals surface area contributed by atoms with Crippen LogP contribution in [-0.2, 0) is 11.2 Å². The zero-order chi connectivity index (χ0) is 12.7. The fourth-order valence-corrected chi connectivity index (χ4v) is 2.02. The molecule has 0 saturated heterocycles. The van der Waals surface area contributed by atoms with E-state index in [0.717, 1.165) is 12.8 Å². The first-order valence-electron chi connectivity index (χ1n) is 6.30. The van der Waals surface area contributed by atoms with Crippen LogP contribution in [0, 0.1) is 12.8 Å². The van der Waals surface area contributed by atoms with Gasteiger partial charge in [0.25, 0.3) is 0 Å². The molecule has 0 radical (unpaired) electrons. The zero-order valence-electron chi connectivity index (χ0n) is 10.9. The number of aryl methyl sites for hydroxylation is 2. The van der Waals surface area contributed by atoms with Crippen LogP contribution in [0.15, 0.2) is 36.9 Å². The van der Waals surface area contributed by atoms with Crippen molar-refractivity contribution in [2.24, 2.45) is 5.92 Å². The Kier molecular flexibility index (Phi) is 5.68. The van der Waals surface area contributed by atoms with Crippen LogP contribution < -0.4 is 0 Å². The molecule has 0 heterocycles. The van der Waals surface area contributed by atoms with Crippen LogP contribution in [0.3, 0.4) is 0 Å². The minimum Gasteiger partial charge on any atom is -0.300 e. The largest absolute Gasteiger partial charge is 0.300 e. The van der Waals surface area contributed by atoms with E-state index in [1.165, 1.54) is 11.1 Å². The van der Waals surface area contributed by atoms with E-state index >= 15 is 0 Å². The van der Waals surface area contributed by atoms with Crippen molar-refractivity contribution in [2.75, 3.05) is 0 Å². The number of Topliss-reactive ketones (excluding diaryl/α,β-unsaturated/α-hetero) is 1. The SMILES string of the molecule is C=CC[C@H](C)CC(=O)CCc1ccccc1C. The molecule has 0 aliphatic heterocycles. The molecule has 0 N–H and O–H groups in total. The highest BCUT2D eigenvalue weighted by molar-refractivity contribution is 5.78. The summed E-state index contributed by atoms with van der Waals surface area (Å²) in [5, 5.41) is 0. The van der Waals surface area contributed by atoms with Crippen LogP contribution in [0.25, 0.3) is 0 Å². The van der Waals surface area contributed by atoms with E-state index in [1.807, 2.05) is 18.2 Å². The molecular formula is C16H22O. The van der Waals surface area contributed by atoms with Gasteiger partial charge in [-0.15, -0.1) is 6.58 Å². The summed E-state index contributed by atoms with van der Waals surface area (Å²) in [6.45, 7) is 7.90. The van der Waals surface area contributed by atoms with Gasteiger partial charge in [0.1, 0.15) is 5.78 Å². The molecule has 92 valence electrons. The smallest absolute Gasteiger partial charge is 0.133 e. The summed E-state index contributed by atoms with van der Waals surface area (Å²) in [6, 6.07) is 8.27. The normalized spacial score (nSPS) is 12.1. The lowest BCUT2D eigenvalue weighted by molar-refractivity contribution is -0.119. The number of carbonyl (C=O) groups excluding carboxylic acids is 1. The number of hydrogen-bond acceptors (Lipinski definition) is 1. The highest BCUT2D eigenvalue weighted by Gasteiger charge is 2.08. The van der Waals surface area contributed by atoms with Gasteiger partial charge in [0.2, 0.25) is 0 Å². The molecule has 0 fully saturated rings. The van der Waals surface area contributed by atoms with Crippen molar-refractivity contribution in [3.63, 3.8) is 0 Å². The Morgan fingerprint density at radius 2 is 2.12 bits per heavy atom. The van der Waals surface area contributed by atoms with Gasteiger partial charge in [-0.1, -0.05) is 37.3 Å². The first-order chi connectivity index (χ1) is 8.13. The van der Waals surface area contributed by atoms with Crippen LogP contribution in [0.4, 0.5) is 0 Å². The van der Waals surface area contributed by atoms with Crippen molar-refractivity contribution in [1.29, 1.82) is 0 Å². The molecule has 17 heavy (non-hydrogen) atoms. The van der Waals surface area contributed by atoms with Gasteiger partial charge in [0.05, 0.1) is 0 Å². The second-order valence-electron chi connectivity index (χ2n) is 4.80. The molecule has 0 bridgehead atoms. The summed E-state index contributed by atoms with van der Waals surface area (Å²) in [6.07, 6.45) is 5.02. The minimum absolute atomic E-state index is 0.364. The quantitative estimate of drug-likeness (QED) is 0.644. The van der Waals surface area contributed by atoms with Gasteiger partial charge in [0.15, 0.2) is 0 Å². The number of rotatable bonds is 7. The second kappa shape index (κ2) is 7.05. The average molecular weight is 230 g/mol. The highest BCUT2D eigenvalue weighted by atomic mass is 16.1. The lowest BCUT2D eigenvalue weighted by Crippen LogP contribution is -2.06. The number of benzene rings is 1. The lowest BCUT2D eigenvalue weighted by atomic mass is 9.96. The molecule has 1 rings (SSSR count). The Morgan fingerprint density at radius 1 is 1.41 bits per heavy atom. The first-order valence-corrected chi connectivity index (χ1v) is 6.30. The van der Waals surface area contributed by atoms with Gasteiger partial charge in [-0.25, -0.2) is 0 Å². The van der Waals surface area contributed by atoms with Gasteiger partial charge >= 0.3 is 0 Å². The molecule has 1 aromatic rings. The molecule has 1 atom stereocenters. The van der Waals surface area contributed by atoms with Crippen LogP contribution in [0.1, 0.15) is 37.3 Å². The zero-order valence-corrected chi connectivity index (χ0v) is 10.9. The second-order valence-corrected chi connectivity index (χ2v) is 4.80. The van der Waals surface area contributed by atoms with Crippen molar-refractivity contribution in [1.82, 2.24) is 0 Å². The van der Waals surface area contributed by atoms with E-state index in [2.05, 4.69) is 32.6 Å². The predicted molar refractivity (Wildman–Crippen MR) is 73.1 cm³/mol. The third-order valence-electron chi connectivity index (χ3n) is 3.08. The summed E-state index contributed by atoms with van der Waals surface area (Å²) in [5.41, 5.74) is 2.57. The molecular weight excluding hydrogens is 208 g/mol. The number of ketones is 1. The Hall–Kier alpha value is -1.37. The van der Waals surface area contributed by atoms with Crippen LogP contribution in [0.5, 0.6) is 0 Å². The molecule has 0 amide bonds. The fraction of sp³-hybridized carbons (Fsp3) is 0.438. The van der Waals surface area contributed by atoms with E-state index in [4.69, 9.17) is 0 Å². The Bertz CT molecular complexity index is 379. The van der Waals surface area contributed by atoms with Gasteiger partial charge in [-0.3, -0.25) is 4.79 Å². The Balaban J connectivity index is 2.38. The van der Waals surface area contributed by atoms with E-state index in [0.29, 0.717) is 24.5 Å². The lowest BCUT2D eigenvalue weighted by Gasteiger charge is -2.08. The average Bonchev–Trinajstić information content (AvgIpc) is 2.28. The van der Waals surface area contributed by atoms with Crippen LogP contribution in [0.2, 0.25) is 0 Å². The molecule has 0 saturated carbocycles. The van der Waals surface area contributed by atoms with Crippen molar-refractivity contribution in [2.45, 2.75) is 39.5 Å². The topological polar surface area (TPSA) is 17.1 Å². The van der Waals surface area contributed by atoms with E-state index in [1.54, 1.807) is 0 Å². The van der Waals surface area contributed by atoms with E-state index in [9.17, 15) is 4.79 Å². The van der Waals surface area contributed by atoms with E-state index < -0.39 is 0 Å². The summed E-state index contributed by atoms with van der Waals surface area (Å²) in [4.78, 5) is 11.8. The molecule has 0 aliphatic carbocycles. The molecule has 0 aromatic heterocycles.